The average molecular weight is 477 g/mol. The van der Waals surface area contributed by atoms with E-state index in [1.165, 1.54) is 11.1 Å². The average Bonchev–Trinajstić information content (AvgIpc) is 3.37. The molecule has 0 bridgehead atoms. The summed E-state index contributed by atoms with van der Waals surface area (Å²) in [5, 5.41) is 15.2. The second-order valence-corrected chi connectivity index (χ2v) is 10.0. The first kappa shape index (κ1) is 23.4. The third kappa shape index (κ3) is 4.90. The van der Waals surface area contributed by atoms with E-state index in [0.717, 1.165) is 49.7 Å². The Bertz CT molecular complexity index is 1070. The molecule has 7 nitrogen and oxygen atoms in total. The number of carbonyl (C=O) groups is 3. The number of alkyl carbamates (subject to hydrolysis) is 1. The van der Waals surface area contributed by atoms with Gasteiger partial charge in [0.05, 0.1) is 0 Å². The molecule has 0 aromatic heterocycles. The van der Waals surface area contributed by atoms with E-state index in [9.17, 15) is 19.5 Å². The summed E-state index contributed by atoms with van der Waals surface area (Å²) in [7, 11) is 0. The highest BCUT2D eigenvalue weighted by molar-refractivity contribution is 5.84. The van der Waals surface area contributed by atoms with Crippen molar-refractivity contribution < 1.29 is 24.2 Å². The number of hydrogen-bond donors (Lipinski definition) is 3. The van der Waals surface area contributed by atoms with Gasteiger partial charge < -0.3 is 20.5 Å². The third-order valence-corrected chi connectivity index (χ3v) is 7.96. The number of hydrogen-bond acceptors (Lipinski definition) is 4. The second-order valence-electron chi connectivity index (χ2n) is 10.0. The van der Waals surface area contributed by atoms with Gasteiger partial charge in [-0.05, 0) is 59.8 Å². The molecule has 0 spiro atoms. The predicted octanol–water partition coefficient (Wildman–Crippen LogP) is 4.45. The molecule has 0 saturated heterocycles. The minimum Gasteiger partial charge on any atom is -0.480 e. The number of nitrogens with one attached hydrogen (secondary N) is 2. The van der Waals surface area contributed by atoms with Crippen LogP contribution in [0.1, 0.15) is 62.0 Å². The molecule has 3 aliphatic carbocycles. The number of aliphatic carboxylic acids is 1. The number of amides is 2. The van der Waals surface area contributed by atoms with E-state index < -0.39 is 18.1 Å². The van der Waals surface area contributed by atoms with Crippen molar-refractivity contribution in [3.05, 3.63) is 59.7 Å². The molecule has 184 valence electrons. The fraction of sp³-hybridized carbons (Fsp3) is 0.464. The molecule has 3 aliphatic rings. The Labute approximate surface area is 205 Å². The standard InChI is InChI=1S/C28H32N2O5/c31-25(30-26(27(32)33)17-7-5-8-17)15-18-9-6-14-24(18)29-28(34)35-16-23-21-12-3-1-10-19(21)20-11-2-4-13-22(20)23/h1-4,10-13,17-18,23-24,26H,5-9,14-16H2,(H,29,34)(H,30,31)(H,32,33)/t18-,24+,26?/m0/s1. The molecule has 2 fully saturated rings. The largest absolute Gasteiger partial charge is 0.480 e. The molecule has 3 atom stereocenters. The van der Waals surface area contributed by atoms with Gasteiger partial charge in [-0.3, -0.25) is 4.79 Å². The molecule has 1 unspecified atom stereocenters. The number of benzene rings is 2. The first-order valence-corrected chi connectivity index (χ1v) is 12.6. The van der Waals surface area contributed by atoms with E-state index in [1.807, 2.05) is 24.3 Å². The Morgan fingerprint density at radius 2 is 1.54 bits per heavy atom. The quantitative estimate of drug-likeness (QED) is 0.522. The zero-order valence-corrected chi connectivity index (χ0v) is 19.7. The first-order valence-electron chi connectivity index (χ1n) is 12.6. The smallest absolute Gasteiger partial charge is 0.407 e. The van der Waals surface area contributed by atoms with E-state index in [4.69, 9.17) is 4.74 Å². The molecule has 7 heteroatoms. The summed E-state index contributed by atoms with van der Waals surface area (Å²) in [6.07, 6.45) is 4.96. The number of carboxylic acids is 1. The van der Waals surface area contributed by atoms with Crippen LogP contribution in [0.25, 0.3) is 11.1 Å². The lowest BCUT2D eigenvalue weighted by Crippen LogP contribution is -2.49. The zero-order chi connectivity index (χ0) is 24.4. The Morgan fingerprint density at radius 1 is 0.914 bits per heavy atom. The monoisotopic (exact) mass is 476 g/mol. The van der Waals surface area contributed by atoms with Gasteiger partial charge in [-0.15, -0.1) is 0 Å². The zero-order valence-electron chi connectivity index (χ0n) is 19.7. The summed E-state index contributed by atoms with van der Waals surface area (Å²) in [6.45, 7) is 0.249. The number of carboxylic acid groups (broad SMARTS) is 1. The molecule has 5 rings (SSSR count). The van der Waals surface area contributed by atoms with Crippen molar-refractivity contribution in [3.8, 4) is 11.1 Å². The van der Waals surface area contributed by atoms with Crippen molar-refractivity contribution in [1.29, 1.82) is 0 Å². The third-order valence-electron chi connectivity index (χ3n) is 7.96. The van der Waals surface area contributed by atoms with Gasteiger partial charge in [-0.25, -0.2) is 9.59 Å². The maximum Gasteiger partial charge on any atom is 0.407 e. The summed E-state index contributed by atoms with van der Waals surface area (Å²) in [6, 6.07) is 15.5. The molecular formula is C28H32N2O5. The van der Waals surface area contributed by atoms with E-state index in [-0.39, 0.29) is 42.7 Å². The van der Waals surface area contributed by atoms with E-state index in [0.29, 0.717) is 0 Å². The van der Waals surface area contributed by atoms with Crippen LogP contribution in [0.15, 0.2) is 48.5 Å². The van der Waals surface area contributed by atoms with Gasteiger partial charge in [0.25, 0.3) is 0 Å². The highest BCUT2D eigenvalue weighted by Gasteiger charge is 2.36. The normalized spacial score (nSPS) is 21.9. The van der Waals surface area contributed by atoms with Gasteiger partial charge in [-0.2, -0.15) is 0 Å². The minimum absolute atomic E-state index is 0.00207. The number of ether oxygens (including phenoxy) is 1. The lowest BCUT2D eigenvalue weighted by atomic mass is 9.79. The van der Waals surface area contributed by atoms with Crippen LogP contribution in [0.5, 0.6) is 0 Å². The molecule has 35 heavy (non-hydrogen) atoms. The topological polar surface area (TPSA) is 105 Å². The maximum atomic E-state index is 12.7. The van der Waals surface area contributed by atoms with Gasteiger partial charge in [0.15, 0.2) is 0 Å². The minimum atomic E-state index is -0.970. The van der Waals surface area contributed by atoms with Crippen LogP contribution in [0.4, 0.5) is 4.79 Å². The van der Waals surface area contributed by atoms with Crippen LogP contribution in [0.3, 0.4) is 0 Å². The van der Waals surface area contributed by atoms with Gasteiger partial charge >= 0.3 is 12.1 Å². The fourth-order valence-electron chi connectivity index (χ4n) is 5.89. The molecule has 2 saturated carbocycles. The van der Waals surface area contributed by atoms with Crippen molar-refractivity contribution >= 4 is 18.0 Å². The number of rotatable bonds is 8. The van der Waals surface area contributed by atoms with Gasteiger partial charge in [-0.1, -0.05) is 61.4 Å². The molecule has 0 heterocycles. The highest BCUT2D eigenvalue weighted by Crippen LogP contribution is 2.44. The van der Waals surface area contributed by atoms with E-state index in [2.05, 4.69) is 34.9 Å². The lowest BCUT2D eigenvalue weighted by Gasteiger charge is -2.32. The highest BCUT2D eigenvalue weighted by atomic mass is 16.5. The maximum absolute atomic E-state index is 12.7. The molecule has 0 radical (unpaired) electrons. The second kappa shape index (κ2) is 10.1. The Kier molecular flexibility index (Phi) is 6.75. The molecule has 3 N–H and O–H groups in total. The van der Waals surface area contributed by atoms with E-state index in [1.54, 1.807) is 0 Å². The fourth-order valence-corrected chi connectivity index (χ4v) is 5.89. The Hall–Kier alpha value is -3.35. The van der Waals surface area contributed by atoms with Crippen molar-refractivity contribution in [1.82, 2.24) is 10.6 Å². The molecule has 2 amide bonds. The van der Waals surface area contributed by atoms with Gasteiger partial charge in [0.1, 0.15) is 12.6 Å². The van der Waals surface area contributed by atoms with Crippen molar-refractivity contribution in [2.75, 3.05) is 6.61 Å². The Morgan fingerprint density at radius 3 is 2.14 bits per heavy atom. The van der Waals surface area contributed by atoms with E-state index >= 15 is 0 Å². The predicted molar refractivity (Wildman–Crippen MR) is 131 cm³/mol. The van der Waals surface area contributed by atoms with Crippen LogP contribution in [0, 0.1) is 11.8 Å². The SMILES string of the molecule is O=C(C[C@@H]1CCC[C@H]1NC(=O)OCC1c2ccccc2-c2ccccc21)NC(C(=O)O)C1CCC1. The number of fused-ring (bicyclic) bond motifs is 3. The summed E-state index contributed by atoms with van der Waals surface area (Å²) in [5.74, 6) is -1.22. The summed E-state index contributed by atoms with van der Waals surface area (Å²) in [4.78, 5) is 36.9. The summed E-state index contributed by atoms with van der Waals surface area (Å²) in [5.41, 5.74) is 4.69. The van der Waals surface area contributed by atoms with Crippen LogP contribution in [-0.2, 0) is 14.3 Å². The number of carbonyl (C=O) groups excluding carboxylic acids is 2. The van der Waals surface area contributed by atoms with Gasteiger partial charge in [0.2, 0.25) is 5.91 Å². The van der Waals surface area contributed by atoms with Gasteiger partial charge in [0, 0.05) is 18.4 Å². The van der Waals surface area contributed by atoms with Crippen LogP contribution >= 0.6 is 0 Å². The molecule has 2 aromatic carbocycles. The molecule has 0 aliphatic heterocycles. The summed E-state index contributed by atoms with van der Waals surface area (Å²) < 4.78 is 5.68. The van der Waals surface area contributed by atoms with Crippen molar-refractivity contribution in [2.24, 2.45) is 11.8 Å². The lowest BCUT2D eigenvalue weighted by molar-refractivity contribution is -0.144. The molecular weight excluding hydrogens is 444 g/mol. The van der Waals surface area contributed by atoms with Crippen LogP contribution in [-0.4, -0.2) is 41.8 Å². The van der Waals surface area contributed by atoms with Crippen molar-refractivity contribution in [2.45, 2.75) is 62.9 Å². The van der Waals surface area contributed by atoms with Crippen molar-refractivity contribution in [3.63, 3.8) is 0 Å². The molecule has 2 aromatic rings. The van der Waals surface area contributed by atoms with Crippen LogP contribution in [0.2, 0.25) is 0 Å². The van der Waals surface area contributed by atoms with Crippen LogP contribution < -0.4 is 10.6 Å². The summed E-state index contributed by atoms with van der Waals surface area (Å²) >= 11 is 0. The first-order chi connectivity index (χ1) is 17.0. The Balaban J connectivity index is 1.15.